The Kier molecular flexibility index (Phi) is 4.95. The van der Waals surface area contributed by atoms with Crippen LogP contribution >= 0.6 is 23.4 Å². The molecule has 1 N–H and O–H groups in total. The van der Waals surface area contributed by atoms with E-state index in [0.29, 0.717) is 12.0 Å². The number of benzene rings is 1. The van der Waals surface area contributed by atoms with Gasteiger partial charge in [-0.1, -0.05) is 43.1 Å². The van der Waals surface area contributed by atoms with Crippen molar-refractivity contribution in [2.45, 2.75) is 62.3 Å². The summed E-state index contributed by atoms with van der Waals surface area (Å²) in [4.78, 5) is 0. The van der Waals surface area contributed by atoms with Crippen molar-refractivity contribution in [2.24, 2.45) is 0 Å². The Labute approximate surface area is 131 Å². The third kappa shape index (κ3) is 3.18. The third-order valence-corrected chi connectivity index (χ3v) is 6.44. The second kappa shape index (κ2) is 6.72. The van der Waals surface area contributed by atoms with Crippen LogP contribution in [0.2, 0.25) is 5.02 Å². The van der Waals surface area contributed by atoms with E-state index in [1.807, 2.05) is 12.1 Å². The summed E-state index contributed by atoms with van der Waals surface area (Å²) < 4.78 is 0. The highest BCUT2D eigenvalue weighted by Crippen LogP contribution is 2.41. The van der Waals surface area contributed by atoms with Crippen molar-refractivity contribution in [1.82, 2.24) is 5.32 Å². The Morgan fingerprint density at radius 2 is 2.05 bits per heavy atom. The molecular weight excluding hydrogens is 286 g/mol. The first kappa shape index (κ1) is 14.7. The lowest BCUT2D eigenvalue weighted by atomic mass is 9.75. The molecule has 2 aliphatic carbocycles. The minimum absolute atomic E-state index is 0.667. The number of hydrogen-bond donors (Lipinski definition) is 1. The summed E-state index contributed by atoms with van der Waals surface area (Å²) in [6.07, 6.45) is 6.67. The van der Waals surface area contributed by atoms with Crippen molar-refractivity contribution >= 4 is 23.4 Å². The topological polar surface area (TPSA) is 12.0 Å². The molecule has 3 rings (SSSR count). The molecule has 20 heavy (non-hydrogen) atoms. The van der Waals surface area contributed by atoms with Gasteiger partial charge in [-0.05, 0) is 49.0 Å². The van der Waals surface area contributed by atoms with Crippen LogP contribution in [-0.2, 0) is 0 Å². The molecule has 2 unspecified atom stereocenters. The summed E-state index contributed by atoms with van der Waals surface area (Å²) in [6, 6.07) is 9.78. The van der Waals surface area contributed by atoms with Gasteiger partial charge >= 0.3 is 0 Å². The van der Waals surface area contributed by atoms with Gasteiger partial charge in [-0.25, -0.2) is 0 Å². The van der Waals surface area contributed by atoms with Gasteiger partial charge in [0.05, 0.1) is 0 Å². The molecule has 1 aromatic carbocycles. The molecule has 0 heterocycles. The van der Waals surface area contributed by atoms with Gasteiger partial charge in [0, 0.05) is 22.4 Å². The summed E-state index contributed by atoms with van der Waals surface area (Å²) in [6.45, 7) is 2.27. The second-order valence-electron chi connectivity index (χ2n) is 6.08. The predicted octanol–water partition coefficient (Wildman–Crippen LogP) is 4.85. The van der Waals surface area contributed by atoms with Crippen molar-refractivity contribution in [3.8, 4) is 0 Å². The van der Waals surface area contributed by atoms with E-state index in [4.69, 9.17) is 11.6 Å². The SMILES string of the molecule is CCSC1CCCC1NC1CC(c2ccccc2Cl)C1. The maximum Gasteiger partial charge on any atom is 0.0440 e. The van der Waals surface area contributed by atoms with E-state index >= 15 is 0 Å². The van der Waals surface area contributed by atoms with Gasteiger partial charge in [-0.2, -0.15) is 11.8 Å². The molecule has 0 radical (unpaired) electrons. The molecule has 3 heteroatoms. The average Bonchev–Trinajstić information content (AvgIpc) is 2.82. The van der Waals surface area contributed by atoms with Crippen LogP contribution in [0.5, 0.6) is 0 Å². The van der Waals surface area contributed by atoms with Crippen LogP contribution in [0.3, 0.4) is 0 Å². The fraction of sp³-hybridized carbons (Fsp3) is 0.647. The molecule has 2 fully saturated rings. The van der Waals surface area contributed by atoms with E-state index in [1.54, 1.807) is 0 Å². The third-order valence-electron chi connectivity index (χ3n) is 4.77. The summed E-state index contributed by atoms with van der Waals surface area (Å²) in [7, 11) is 0. The van der Waals surface area contributed by atoms with Gasteiger partial charge in [0.25, 0.3) is 0 Å². The van der Waals surface area contributed by atoms with Gasteiger partial charge in [0.2, 0.25) is 0 Å². The molecule has 0 aromatic heterocycles. The van der Waals surface area contributed by atoms with Crippen LogP contribution in [0.1, 0.15) is 50.5 Å². The van der Waals surface area contributed by atoms with Crippen LogP contribution in [0, 0.1) is 0 Å². The standard InChI is InChI=1S/C17H24ClNS/c1-2-20-17-9-5-8-16(17)19-13-10-12(11-13)14-6-3-4-7-15(14)18/h3-4,6-7,12-13,16-17,19H,2,5,8-11H2,1H3. The Bertz CT molecular complexity index is 444. The quantitative estimate of drug-likeness (QED) is 0.834. The van der Waals surface area contributed by atoms with Crippen LogP contribution in [0.25, 0.3) is 0 Å². The fourth-order valence-corrected chi connectivity index (χ4v) is 5.15. The molecule has 1 aromatic rings. The van der Waals surface area contributed by atoms with Gasteiger partial charge in [0.15, 0.2) is 0 Å². The molecular formula is C17H24ClNS. The number of hydrogen-bond acceptors (Lipinski definition) is 2. The maximum absolute atomic E-state index is 6.29. The average molecular weight is 310 g/mol. The monoisotopic (exact) mass is 309 g/mol. The first-order valence-electron chi connectivity index (χ1n) is 7.90. The summed E-state index contributed by atoms with van der Waals surface area (Å²) in [5.41, 5.74) is 1.35. The van der Waals surface area contributed by atoms with Crippen molar-refractivity contribution in [3.05, 3.63) is 34.9 Å². The van der Waals surface area contributed by atoms with E-state index in [0.717, 1.165) is 16.3 Å². The molecule has 0 aliphatic heterocycles. The first-order valence-corrected chi connectivity index (χ1v) is 9.32. The van der Waals surface area contributed by atoms with E-state index in [9.17, 15) is 0 Å². The minimum atomic E-state index is 0.667. The van der Waals surface area contributed by atoms with Crippen LogP contribution in [-0.4, -0.2) is 23.1 Å². The van der Waals surface area contributed by atoms with Crippen molar-refractivity contribution < 1.29 is 0 Å². The lowest BCUT2D eigenvalue weighted by molar-refractivity contribution is 0.266. The smallest absolute Gasteiger partial charge is 0.0440 e. The van der Waals surface area contributed by atoms with Crippen LogP contribution < -0.4 is 5.32 Å². The fourth-order valence-electron chi connectivity index (χ4n) is 3.65. The highest BCUT2D eigenvalue weighted by molar-refractivity contribution is 7.99. The maximum atomic E-state index is 6.29. The van der Waals surface area contributed by atoms with Gasteiger partial charge < -0.3 is 5.32 Å². The summed E-state index contributed by atoms with van der Waals surface area (Å²) >= 11 is 8.43. The van der Waals surface area contributed by atoms with E-state index in [1.165, 1.54) is 43.4 Å². The molecule has 0 saturated heterocycles. The largest absolute Gasteiger partial charge is 0.310 e. The Morgan fingerprint density at radius 1 is 1.25 bits per heavy atom. The lowest BCUT2D eigenvalue weighted by Gasteiger charge is -2.39. The second-order valence-corrected chi connectivity index (χ2v) is 8.01. The number of halogens is 1. The van der Waals surface area contributed by atoms with E-state index in [2.05, 4.69) is 36.1 Å². The normalized spacial score (nSPS) is 33.1. The van der Waals surface area contributed by atoms with Crippen molar-refractivity contribution in [2.75, 3.05) is 5.75 Å². The van der Waals surface area contributed by atoms with Gasteiger partial charge in [-0.3, -0.25) is 0 Å². The lowest BCUT2D eigenvalue weighted by Crippen LogP contribution is -2.47. The molecule has 0 spiro atoms. The summed E-state index contributed by atoms with van der Waals surface area (Å²) in [5.74, 6) is 1.91. The number of nitrogens with one attached hydrogen (secondary N) is 1. The molecule has 2 saturated carbocycles. The number of rotatable bonds is 5. The van der Waals surface area contributed by atoms with Crippen molar-refractivity contribution in [1.29, 1.82) is 0 Å². The van der Waals surface area contributed by atoms with Gasteiger partial charge in [0.1, 0.15) is 0 Å². The zero-order chi connectivity index (χ0) is 13.9. The Hall–Kier alpha value is -0.180. The van der Waals surface area contributed by atoms with E-state index < -0.39 is 0 Å². The zero-order valence-corrected chi connectivity index (χ0v) is 13.7. The summed E-state index contributed by atoms with van der Waals surface area (Å²) in [5, 5.41) is 5.69. The first-order chi connectivity index (χ1) is 9.78. The molecule has 0 amide bonds. The molecule has 110 valence electrons. The van der Waals surface area contributed by atoms with Crippen LogP contribution in [0.4, 0.5) is 0 Å². The minimum Gasteiger partial charge on any atom is -0.310 e. The van der Waals surface area contributed by atoms with E-state index in [-0.39, 0.29) is 0 Å². The molecule has 2 atom stereocenters. The Morgan fingerprint density at radius 3 is 2.80 bits per heavy atom. The highest BCUT2D eigenvalue weighted by Gasteiger charge is 2.35. The predicted molar refractivity (Wildman–Crippen MR) is 89.9 cm³/mol. The van der Waals surface area contributed by atoms with Crippen LogP contribution in [0.15, 0.2) is 24.3 Å². The number of thioether (sulfide) groups is 1. The molecule has 2 aliphatic rings. The molecule has 0 bridgehead atoms. The molecule has 1 nitrogen and oxygen atoms in total. The Balaban J connectivity index is 1.50. The highest BCUT2D eigenvalue weighted by atomic mass is 35.5. The van der Waals surface area contributed by atoms with Gasteiger partial charge in [-0.15, -0.1) is 0 Å². The zero-order valence-electron chi connectivity index (χ0n) is 12.1. The van der Waals surface area contributed by atoms with Crippen molar-refractivity contribution in [3.63, 3.8) is 0 Å².